The van der Waals surface area contributed by atoms with E-state index in [1.165, 1.54) is 6.26 Å². The molecule has 0 aliphatic rings. The molecule has 0 bridgehead atoms. The van der Waals surface area contributed by atoms with E-state index in [4.69, 9.17) is 4.42 Å². The van der Waals surface area contributed by atoms with Gasteiger partial charge in [0.1, 0.15) is 21.2 Å². The first kappa shape index (κ1) is 20.3. The molecule has 0 radical (unpaired) electrons. The van der Waals surface area contributed by atoms with Crippen LogP contribution in [0.1, 0.15) is 39.0 Å². The van der Waals surface area contributed by atoms with Crippen molar-refractivity contribution < 1.29 is 12.8 Å². The lowest BCUT2D eigenvalue weighted by Crippen LogP contribution is -2.43. The minimum absolute atomic E-state index is 0.0484. The van der Waals surface area contributed by atoms with Crippen LogP contribution in [0.25, 0.3) is 11.0 Å². The first-order valence-electron chi connectivity index (χ1n) is 8.73. The number of sulfone groups is 1. The van der Waals surface area contributed by atoms with Gasteiger partial charge in [-0.05, 0) is 30.9 Å². The van der Waals surface area contributed by atoms with Gasteiger partial charge in [-0.1, -0.05) is 32.0 Å². The lowest BCUT2D eigenvalue weighted by Gasteiger charge is -2.26. The predicted molar refractivity (Wildman–Crippen MR) is 107 cm³/mol. The highest BCUT2D eigenvalue weighted by molar-refractivity contribution is 7.90. The number of rotatable bonds is 7. The molecule has 2 aromatic rings. The predicted octanol–water partition coefficient (Wildman–Crippen LogP) is 3.12. The molecule has 1 heterocycles. The van der Waals surface area contributed by atoms with Gasteiger partial charge in [-0.15, -0.1) is 0 Å². The molecule has 7 heteroatoms. The Kier molecular flexibility index (Phi) is 6.34. The highest BCUT2D eigenvalue weighted by Gasteiger charge is 2.21. The summed E-state index contributed by atoms with van der Waals surface area (Å²) in [5.41, 5.74) is 0.699. The average molecular weight is 380 g/mol. The zero-order valence-corrected chi connectivity index (χ0v) is 17.0. The molecule has 2 N–H and O–H groups in total. The summed E-state index contributed by atoms with van der Waals surface area (Å²) in [7, 11) is -1.24. The molecule has 2 rings (SSSR count). The van der Waals surface area contributed by atoms with Crippen molar-refractivity contribution in [3.63, 3.8) is 0 Å². The van der Waals surface area contributed by atoms with Crippen molar-refractivity contribution in [1.29, 1.82) is 0 Å². The van der Waals surface area contributed by atoms with Gasteiger partial charge >= 0.3 is 0 Å². The standard InChI is InChI=1S/C19H29N3O3S/c1-14(17-12-15-8-6-7-9-16(15)25-17)22-18(20-4)21-13-19(2,3)10-11-26(5,23)24/h6-9,12,14H,10-11,13H2,1-5H3,(H2,20,21,22). The second kappa shape index (κ2) is 8.12. The summed E-state index contributed by atoms with van der Waals surface area (Å²) in [5.74, 6) is 1.68. The fraction of sp³-hybridized carbons (Fsp3) is 0.526. The zero-order chi connectivity index (χ0) is 19.4. The third kappa shape index (κ3) is 6.05. The fourth-order valence-corrected chi connectivity index (χ4v) is 3.48. The number of benzene rings is 1. The molecule has 0 saturated heterocycles. The van der Waals surface area contributed by atoms with Gasteiger partial charge in [-0.3, -0.25) is 4.99 Å². The van der Waals surface area contributed by atoms with Gasteiger partial charge < -0.3 is 15.1 Å². The number of nitrogens with zero attached hydrogens (tertiary/aromatic N) is 1. The molecule has 0 fully saturated rings. The molecule has 1 unspecified atom stereocenters. The van der Waals surface area contributed by atoms with Crippen LogP contribution in [0.4, 0.5) is 0 Å². The largest absolute Gasteiger partial charge is 0.459 e. The molecule has 26 heavy (non-hydrogen) atoms. The molecule has 1 atom stereocenters. The van der Waals surface area contributed by atoms with Crippen LogP contribution < -0.4 is 10.6 Å². The van der Waals surface area contributed by atoms with Crippen molar-refractivity contribution in [3.05, 3.63) is 36.1 Å². The SMILES string of the molecule is CN=C(NCC(C)(C)CCS(C)(=O)=O)NC(C)c1cc2ccccc2o1. The van der Waals surface area contributed by atoms with Crippen molar-refractivity contribution in [3.8, 4) is 0 Å². The Hall–Kier alpha value is -2.02. The Morgan fingerprint density at radius 1 is 1.31 bits per heavy atom. The van der Waals surface area contributed by atoms with Crippen LogP contribution in [0, 0.1) is 5.41 Å². The van der Waals surface area contributed by atoms with E-state index in [2.05, 4.69) is 15.6 Å². The van der Waals surface area contributed by atoms with Crippen LogP contribution in [0.2, 0.25) is 0 Å². The van der Waals surface area contributed by atoms with E-state index < -0.39 is 9.84 Å². The van der Waals surface area contributed by atoms with E-state index in [0.29, 0.717) is 18.9 Å². The average Bonchev–Trinajstić information content (AvgIpc) is 3.00. The monoisotopic (exact) mass is 379 g/mol. The Labute approximate surface area is 156 Å². The zero-order valence-electron chi connectivity index (χ0n) is 16.2. The van der Waals surface area contributed by atoms with Crippen LogP contribution in [0.15, 0.2) is 39.7 Å². The van der Waals surface area contributed by atoms with Crippen molar-refractivity contribution in [1.82, 2.24) is 10.6 Å². The summed E-state index contributed by atoms with van der Waals surface area (Å²) < 4.78 is 28.6. The first-order valence-corrected chi connectivity index (χ1v) is 10.8. The van der Waals surface area contributed by atoms with E-state index in [-0.39, 0.29) is 17.2 Å². The molecular weight excluding hydrogens is 350 g/mol. The summed E-state index contributed by atoms with van der Waals surface area (Å²) in [4.78, 5) is 4.25. The Balaban J connectivity index is 1.94. The van der Waals surface area contributed by atoms with Crippen LogP contribution in [0.3, 0.4) is 0 Å². The van der Waals surface area contributed by atoms with E-state index in [1.807, 2.05) is 51.1 Å². The van der Waals surface area contributed by atoms with Crippen LogP contribution in [0.5, 0.6) is 0 Å². The molecule has 0 saturated carbocycles. The lowest BCUT2D eigenvalue weighted by atomic mass is 9.90. The van der Waals surface area contributed by atoms with Gasteiger partial charge in [0, 0.05) is 25.2 Å². The molecule has 0 aliphatic carbocycles. The quantitative estimate of drug-likeness (QED) is 0.570. The number of para-hydroxylation sites is 1. The van der Waals surface area contributed by atoms with E-state index in [1.54, 1.807) is 7.05 Å². The number of hydrogen-bond donors (Lipinski definition) is 2. The highest BCUT2D eigenvalue weighted by Crippen LogP contribution is 2.23. The molecule has 0 spiro atoms. The summed E-state index contributed by atoms with van der Waals surface area (Å²) in [6.45, 7) is 6.72. The van der Waals surface area contributed by atoms with Crippen LogP contribution in [-0.2, 0) is 9.84 Å². The molecular formula is C19H29N3O3S. The Morgan fingerprint density at radius 2 is 2.00 bits per heavy atom. The smallest absolute Gasteiger partial charge is 0.191 e. The van der Waals surface area contributed by atoms with Gasteiger partial charge in [-0.2, -0.15) is 0 Å². The summed E-state index contributed by atoms with van der Waals surface area (Å²) >= 11 is 0. The second-order valence-corrected chi connectivity index (χ2v) is 9.78. The topological polar surface area (TPSA) is 83.7 Å². The van der Waals surface area contributed by atoms with Gasteiger partial charge in [0.2, 0.25) is 0 Å². The number of hydrogen-bond acceptors (Lipinski definition) is 4. The van der Waals surface area contributed by atoms with Gasteiger partial charge in [0.05, 0.1) is 11.8 Å². The molecule has 6 nitrogen and oxygen atoms in total. The van der Waals surface area contributed by atoms with Crippen LogP contribution >= 0.6 is 0 Å². The van der Waals surface area contributed by atoms with Crippen LogP contribution in [-0.4, -0.2) is 40.0 Å². The molecule has 0 amide bonds. The van der Waals surface area contributed by atoms with Crippen molar-refractivity contribution in [2.24, 2.45) is 10.4 Å². The maximum Gasteiger partial charge on any atom is 0.191 e. The number of aliphatic imine (C=N–C) groups is 1. The van der Waals surface area contributed by atoms with Crippen molar-refractivity contribution in [2.45, 2.75) is 33.2 Å². The van der Waals surface area contributed by atoms with E-state index in [0.717, 1.165) is 16.7 Å². The highest BCUT2D eigenvalue weighted by atomic mass is 32.2. The van der Waals surface area contributed by atoms with Gasteiger partial charge in [0.15, 0.2) is 5.96 Å². The van der Waals surface area contributed by atoms with Crippen molar-refractivity contribution in [2.75, 3.05) is 25.6 Å². The molecule has 0 aliphatic heterocycles. The Morgan fingerprint density at radius 3 is 2.62 bits per heavy atom. The van der Waals surface area contributed by atoms with Gasteiger partial charge in [-0.25, -0.2) is 8.42 Å². The minimum Gasteiger partial charge on any atom is -0.459 e. The fourth-order valence-electron chi connectivity index (χ4n) is 2.56. The third-order valence-electron chi connectivity index (χ3n) is 4.33. The summed E-state index contributed by atoms with van der Waals surface area (Å²) in [5, 5.41) is 7.67. The number of fused-ring (bicyclic) bond motifs is 1. The maximum absolute atomic E-state index is 11.4. The number of guanidine groups is 1. The third-order valence-corrected chi connectivity index (χ3v) is 5.28. The van der Waals surface area contributed by atoms with E-state index in [9.17, 15) is 8.42 Å². The molecule has 1 aromatic carbocycles. The van der Waals surface area contributed by atoms with Crippen molar-refractivity contribution >= 4 is 26.8 Å². The van der Waals surface area contributed by atoms with Gasteiger partial charge in [0.25, 0.3) is 0 Å². The van der Waals surface area contributed by atoms with E-state index >= 15 is 0 Å². The second-order valence-electron chi connectivity index (χ2n) is 7.52. The lowest BCUT2D eigenvalue weighted by molar-refractivity contribution is 0.347. The maximum atomic E-state index is 11.4. The normalized spacial score (nSPS) is 14.4. The number of furan rings is 1. The summed E-state index contributed by atoms with van der Waals surface area (Å²) in [6.07, 6.45) is 1.86. The Bertz CT molecular complexity index is 836. The number of nitrogens with one attached hydrogen (secondary N) is 2. The minimum atomic E-state index is -2.96. The molecule has 1 aromatic heterocycles. The first-order chi connectivity index (χ1) is 12.1. The summed E-state index contributed by atoms with van der Waals surface area (Å²) in [6, 6.07) is 9.88. The molecule has 144 valence electrons.